The molecule has 0 unspecified atom stereocenters. The molecule has 1 aromatic heterocycles. The normalized spacial score (nSPS) is 15.7. The topological polar surface area (TPSA) is 49.9 Å². The highest BCUT2D eigenvalue weighted by atomic mass is 32.1. The van der Waals surface area contributed by atoms with Crippen LogP contribution in [0.4, 0.5) is 5.69 Å². The molecule has 2 aliphatic heterocycles. The highest BCUT2D eigenvalue weighted by Gasteiger charge is 2.43. The molecule has 0 fully saturated rings. The Morgan fingerprint density at radius 1 is 0.969 bits per heavy atom. The lowest BCUT2D eigenvalue weighted by atomic mass is 10.1. The Morgan fingerprint density at radius 2 is 1.75 bits per heavy atom. The van der Waals surface area contributed by atoms with Gasteiger partial charge in [-0.2, -0.15) is 0 Å². The minimum atomic E-state index is -0.251. The summed E-state index contributed by atoms with van der Waals surface area (Å²) in [5.74, 6) is 0.252. The van der Waals surface area contributed by atoms with Crippen molar-refractivity contribution in [3.8, 4) is 5.75 Å². The first-order valence-electron chi connectivity index (χ1n) is 10.7. The molecular formula is C26H24N2O3S. The molecule has 162 valence electrons. The minimum Gasteiger partial charge on any atom is -0.492 e. The largest absolute Gasteiger partial charge is 0.492 e. The van der Waals surface area contributed by atoms with Crippen LogP contribution in [0.5, 0.6) is 5.75 Å². The van der Waals surface area contributed by atoms with Gasteiger partial charge in [0.25, 0.3) is 11.8 Å². The zero-order chi connectivity index (χ0) is 22.2. The van der Waals surface area contributed by atoms with Crippen LogP contribution in [0.15, 0.2) is 65.7 Å². The lowest BCUT2D eigenvalue weighted by Gasteiger charge is -2.21. The van der Waals surface area contributed by atoms with Crippen molar-refractivity contribution < 1.29 is 14.3 Å². The predicted octanol–water partition coefficient (Wildman–Crippen LogP) is 4.59. The maximum Gasteiger partial charge on any atom is 0.278 e. The Hall–Kier alpha value is -3.38. The summed E-state index contributed by atoms with van der Waals surface area (Å²) in [6.07, 6.45) is 0.856. The van der Waals surface area contributed by atoms with Crippen molar-refractivity contribution in [3.63, 3.8) is 0 Å². The zero-order valence-electron chi connectivity index (χ0n) is 18.1. The van der Waals surface area contributed by atoms with Crippen LogP contribution in [0.3, 0.4) is 0 Å². The molecule has 6 heteroatoms. The third-order valence-corrected chi connectivity index (χ3v) is 6.73. The molecule has 2 aromatic carbocycles. The predicted molar refractivity (Wildman–Crippen MR) is 127 cm³/mol. The van der Waals surface area contributed by atoms with Crippen LogP contribution in [-0.2, 0) is 16.0 Å². The van der Waals surface area contributed by atoms with Crippen molar-refractivity contribution in [3.05, 3.63) is 87.2 Å². The van der Waals surface area contributed by atoms with Gasteiger partial charge in [0.1, 0.15) is 18.1 Å². The SMILES string of the molecule is Cc1cc(C)cc(OCCN2C(=O)C(c3cccs3)=C(N3CCc4ccccc43)C2=O)c1. The molecule has 2 amide bonds. The lowest BCUT2D eigenvalue weighted by molar-refractivity contribution is -0.137. The van der Waals surface area contributed by atoms with Crippen LogP contribution >= 0.6 is 11.3 Å². The fourth-order valence-corrected chi connectivity index (χ4v) is 5.26. The molecular weight excluding hydrogens is 420 g/mol. The van der Waals surface area contributed by atoms with E-state index in [1.54, 1.807) is 0 Å². The van der Waals surface area contributed by atoms with E-state index in [-0.39, 0.29) is 25.0 Å². The summed E-state index contributed by atoms with van der Waals surface area (Å²) in [6.45, 7) is 5.19. The number of fused-ring (bicyclic) bond motifs is 1. The van der Waals surface area contributed by atoms with Gasteiger partial charge in [0.2, 0.25) is 0 Å². The fourth-order valence-electron chi connectivity index (χ4n) is 4.50. The Morgan fingerprint density at radius 3 is 2.50 bits per heavy atom. The van der Waals surface area contributed by atoms with Crippen molar-refractivity contribution in [1.82, 2.24) is 4.90 Å². The molecule has 0 atom stereocenters. The van der Waals surface area contributed by atoms with Gasteiger partial charge in [0.05, 0.1) is 12.1 Å². The molecule has 0 bridgehead atoms. The Kier molecular flexibility index (Phi) is 5.31. The summed E-state index contributed by atoms with van der Waals surface area (Å²) in [5, 5.41) is 1.93. The molecule has 0 saturated carbocycles. The van der Waals surface area contributed by atoms with Crippen LogP contribution in [0.25, 0.3) is 5.57 Å². The second-order valence-electron chi connectivity index (χ2n) is 8.17. The van der Waals surface area contributed by atoms with E-state index in [4.69, 9.17) is 4.74 Å². The van der Waals surface area contributed by atoms with E-state index in [9.17, 15) is 9.59 Å². The van der Waals surface area contributed by atoms with E-state index in [0.29, 0.717) is 17.8 Å². The first-order valence-corrected chi connectivity index (χ1v) is 11.6. The number of carbonyl (C=O) groups excluding carboxylic acids is 2. The van der Waals surface area contributed by atoms with Gasteiger partial charge in [-0.1, -0.05) is 30.3 Å². The Labute approximate surface area is 191 Å². The summed E-state index contributed by atoms with van der Waals surface area (Å²) in [6, 6.07) is 17.9. The standard InChI is InChI=1S/C26H24N2O3S/c1-17-14-18(2)16-20(15-17)31-12-11-28-25(29)23(22-8-5-13-32-22)24(26(28)30)27-10-9-19-6-3-4-7-21(19)27/h3-8,13-16H,9-12H2,1-2H3. The number of imide groups is 1. The second kappa shape index (κ2) is 8.28. The van der Waals surface area contributed by atoms with Gasteiger partial charge >= 0.3 is 0 Å². The van der Waals surface area contributed by atoms with Gasteiger partial charge in [-0.05, 0) is 66.6 Å². The number of para-hydroxylation sites is 1. The first kappa shape index (κ1) is 20.5. The third-order valence-electron chi connectivity index (χ3n) is 5.85. The molecule has 5 rings (SSSR count). The smallest absolute Gasteiger partial charge is 0.278 e. The van der Waals surface area contributed by atoms with Gasteiger partial charge in [-0.15, -0.1) is 11.3 Å². The number of nitrogens with zero attached hydrogens (tertiary/aromatic N) is 2. The maximum absolute atomic E-state index is 13.5. The van der Waals surface area contributed by atoms with Crippen LogP contribution in [0.1, 0.15) is 21.6 Å². The Bertz CT molecular complexity index is 1210. The molecule has 0 spiro atoms. The zero-order valence-corrected chi connectivity index (χ0v) is 18.9. The summed E-state index contributed by atoms with van der Waals surface area (Å²) in [5.41, 5.74) is 5.41. The van der Waals surface area contributed by atoms with E-state index in [1.807, 2.05) is 66.6 Å². The molecule has 3 heterocycles. The molecule has 5 nitrogen and oxygen atoms in total. The van der Waals surface area contributed by atoms with E-state index < -0.39 is 0 Å². The van der Waals surface area contributed by atoms with Crippen molar-refractivity contribution in [2.45, 2.75) is 20.3 Å². The molecule has 2 aliphatic rings. The van der Waals surface area contributed by atoms with Gasteiger partial charge in [-0.3, -0.25) is 14.5 Å². The number of carbonyl (C=O) groups is 2. The number of hydrogen-bond acceptors (Lipinski definition) is 5. The van der Waals surface area contributed by atoms with Crippen molar-refractivity contribution >= 4 is 34.4 Å². The van der Waals surface area contributed by atoms with Crippen LogP contribution in [0, 0.1) is 13.8 Å². The molecule has 0 N–H and O–H groups in total. The number of amides is 2. The Balaban J connectivity index is 1.42. The number of anilines is 1. The number of benzene rings is 2. The second-order valence-corrected chi connectivity index (χ2v) is 9.11. The van der Waals surface area contributed by atoms with Crippen molar-refractivity contribution in [2.24, 2.45) is 0 Å². The molecule has 0 radical (unpaired) electrons. The minimum absolute atomic E-state index is 0.207. The van der Waals surface area contributed by atoms with Crippen molar-refractivity contribution in [1.29, 1.82) is 0 Å². The molecule has 32 heavy (non-hydrogen) atoms. The average Bonchev–Trinajstić information content (AvgIpc) is 3.48. The fraction of sp³-hybridized carbons (Fsp3) is 0.231. The van der Waals surface area contributed by atoms with Crippen LogP contribution in [-0.4, -0.2) is 36.4 Å². The maximum atomic E-state index is 13.5. The average molecular weight is 445 g/mol. The van der Waals surface area contributed by atoms with E-state index in [0.717, 1.165) is 33.9 Å². The third kappa shape index (κ3) is 3.60. The van der Waals surface area contributed by atoms with Crippen LogP contribution < -0.4 is 9.64 Å². The van der Waals surface area contributed by atoms with Crippen molar-refractivity contribution in [2.75, 3.05) is 24.6 Å². The molecule has 0 saturated heterocycles. The summed E-state index contributed by atoms with van der Waals surface area (Å²) >= 11 is 1.48. The van der Waals surface area contributed by atoms with E-state index in [1.165, 1.54) is 21.8 Å². The lowest BCUT2D eigenvalue weighted by Crippen LogP contribution is -2.37. The quantitative estimate of drug-likeness (QED) is 0.522. The number of thiophene rings is 1. The summed E-state index contributed by atoms with van der Waals surface area (Å²) in [7, 11) is 0. The number of hydrogen-bond donors (Lipinski definition) is 0. The first-order chi connectivity index (χ1) is 15.5. The number of rotatable bonds is 6. The number of aryl methyl sites for hydroxylation is 2. The van der Waals surface area contributed by atoms with Gasteiger partial charge in [0.15, 0.2) is 0 Å². The van der Waals surface area contributed by atoms with Gasteiger partial charge < -0.3 is 9.64 Å². The summed E-state index contributed by atoms with van der Waals surface area (Å²) < 4.78 is 5.89. The highest BCUT2D eigenvalue weighted by Crippen LogP contribution is 2.39. The molecule has 3 aromatic rings. The van der Waals surface area contributed by atoms with E-state index >= 15 is 0 Å². The number of ether oxygens (including phenoxy) is 1. The van der Waals surface area contributed by atoms with Crippen LogP contribution in [0.2, 0.25) is 0 Å². The molecule has 0 aliphatic carbocycles. The van der Waals surface area contributed by atoms with Gasteiger partial charge in [-0.25, -0.2) is 0 Å². The van der Waals surface area contributed by atoms with Gasteiger partial charge in [0, 0.05) is 17.1 Å². The highest BCUT2D eigenvalue weighted by molar-refractivity contribution is 7.11. The van der Waals surface area contributed by atoms with E-state index in [2.05, 4.69) is 12.1 Å². The summed E-state index contributed by atoms with van der Waals surface area (Å²) in [4.78, 5) is 31.1. The monoisotopic (exact) mass is 444 g/mol.